The molecule has 0 bridgehead atoms. The standard InChI is InChI=1S/C14H13N7O2/c22-12(9-21-5-1-2-17-21)20-7-10(8-20)14-18-13(19-23-14)11-6-15-3-4-16-11/h1-6,10H,7-9H2. The molecule has 0 atom stereocenters. The molecule has 1 aliphatic rings. The van der Waals surface area contributed by atoms with Crippen LogP contribution in [0.3, 0.4) is 0 Å². The Balaban J connectivity index is 1.37. The first-order valence-corrected chi connectivity index (χ1v) is 7.15. The van der Waals surface area contributed by atoms with Crippen molar-refractivity contribution in [3.05, 3.63) is 42.9 Å². The van der Waals surface area contributed by atoms with Gasteiger partial charge in [-0.2, -0.15) is 10.1 Å². The van der Waals surface area contributed by atoms with E-state index in [1.54, 1.807) is 46.6 Å². The van der Waals surface area contributed by atoms with Gasteiger partial charge in [0.25, 0.3) is 0 Å². The van der Waals surface area contributed by atoms with Gasteiger partial charge in [0.15, 0.2) is 0 Å². The zero-order chi connectivity index (χ0) is 15.6. The summed E-state index contributed by atoms with van der Waals surface area (Å²) in [5.74, 6) is 1.02. The molecule has 0 aliphatic carbocycles. The van der Waals surface area contributed by atoms with E-state index in [2.05, 4.69) is 25.2 Å². The van der Waals surface area contributed by atoms with Gasteiger partial charge in [-0.15, -0.1) is 0 Å². The molecule has 23 heavy (non-hydrogen) atoms. The maximum Gasteiger partial charge on any atom is 0.244 e. The second-order valence-corrected chi connectivity index (χ2v) is 5.25. The molecule has 0 N–H and O–H groups in total. The molecule has 1 amide bonds. The van der Waals surface area contributed by atoms with Gasteiger partial charge in [-0.05, 0) is 6.07 Å². The lowest BCUT2D eigenvalue weighted by Gasteiger charge is -2.37. The number of hydrogen-bond donors (Lipinski definition) is 0. The Kier molecular flexibility index (Phi) is 3.30. The van der Waals surface area contributed by atoms with Crippen molar-refractivity contribution in [3.63, 3.8) is 0 Å². The summed E-state index contributed by atoms with van der Waals surface area (Å²) in [5, 5.41) is 7.94. The molecule has 0 unspecified atom stereocenters. The van der Waals surface area contributed by atoms with Crippen molar-refractivity contribution in [2.75, 3.05) is 13.1 Å². The number of nitrogens with zero attached hydrogens (tertiary/aromatic N) is 7. The van der Waals surface area contributed by atoms with Crippen LogP contribution in [-0.2, 0) is 11.3 Å². The molecule has 3 aromatic rings. The van der Waals surface area contributed by atoms with E-state index in [0.717, 1.165) is 0 Å². The van der Waals surface area contributed by atoms with Gasteiger partial charge in [-0.3, -0.25) is 14.5 Å². The van der Waals surface area contributed by atoms with E-state index in [0.29, 0.717) is 30.5 Å². The molecule has 0 saturated carbocycles. The molecule has 1 fully saturated rings. The van der Waals surface area contributed by atoms with Crippen LogP contribution < -0.4 is 0 Å². The molecule has 1 aliphatic heterocycles. The Morgan fingerprint density at radius 3 is 2.96 bits per heavy atom. The molecule has 0 radical (unpaired) electrons. The van der Waals surface area contributed by atoms with Gasteiger partial charge in [-0.1, -0.05) is 5.16 Å². The third-order valence-electron chi connectivity index (χ3n) is 3.67. The predicted molar refractivity (Wildman–Crippen MR) is 76.9 cm³/mol. The molecule has 4 heterocycles. The smallest absolute Gasteiger partial charge is 0.244 e. The maximum absolute atomic E-state index is 12.1. The minimum Gasteiger partial charge on any atom is -0.339 e. The molecular weight excluding hydrogens is 298 g/mol. The third-order valence-corrected chi connectivity index (χ3v) is 3.67. The van der Waals surface area contributed by atoms with Crippen LogP contribution in [0.5, 0.6) is 0 Å². The Bertz CT molecular complexity index is 794. The van der Waals surface area contributed by atoms with E-state index in [-0.39, 0.29) is 18.4 Å². The summed E-state index contributed by atoms with van der Waals surface area (Å²) >= 11 is 0. The van der Waals surface area contributed by atoms with Crippen LogP contribution in [0.15, 0.2) is 41.6 Å². The largest absolute Gasteiger partial charge is 0.339 e. The lowest BCUT2D eigenvalue weighted by molar-refractivity contribution is -0.136. The lowest BCUT2D eigenvalue weighted by atomic mass is 10.00. The van der Waals surface area contributed by atoms with Crippen molar-refractivity contribution in [1.82, 2.24) is 34.8 Å². The van der Waals surface area contributed by atoms with E-state index < -0.39 is 0 Å². The highest BCUT2D eigenvalue weighted by Gasteiger charge is 2.35. The fraction of sp³-hybridized carbons (Fsp3) is 0.286. The highest BCUT2D eigenvalue weighted by atomic mass is 16.5. The zero-order valence-electron chi connectivity index (χ0n) is 12.1. The maximum atomic E-state index is 12.1. The minimum absolute atomic E-state index is 0.0265. The van der Waals surface area contributed by atoms with Crippen molar-refractivity contribution in [2.45, 2.75) is 12.5 Å². The molecule has 0 aromatic carbocycles. The molecule has 1 saturated heterocycles. The first kappa shape index (κ1) is 13.6. The summed E-state index contributed by atoms with van der Waals surface area (Å²) < 4.78 is 6.88. The number of hydrogen-bond acceptors (Lipinski definition) is 7. The van der Waals surface area contributed by atoms with E-state index in [4.69, 9.17) is 4.52 Å². The Hall–Kier alpha value is -3.10. The molecular formula is C14H13N7O2. The summed E-state index contributed by atoms with van der Waals surface area (Å²) in [5.41, 5.74) is 0.563. The summed E-state index contributed by atoms with van der Waals surface area (Å²) in [6, 6.07) is 1.79. The van der Waals surface area contributed by atoms with Crippen LogP contribution in [0.25, 0.3) is 11.5 Å². The predicted octanol–water partition coefficient (Wildman–Crippen LogP) is 0.349. The topological polar surface area (TPSA) is 103 Å². The molecule has 3 aromatic heterocycles. The summed E-state index contributed by atoms with van der Waals surface area (Å²) in [6.45, 7) is 1.39. The van der Waals surface area contributed by atoms with Gasteiger partial charge in [0.2, 0.25) is 17.6 Å². The van der Waals surface area contributed by atoms with Crippen LogP contribution in [0.2, 0.25) is 0 Å². The Morgan fingerprint density at radius 1 is 1.30 bits per heavy atom. The molecule has 4 rings (SSSR count). The van der Waals surface area contributed by atoms with Gasteiger partial charge >= 0.3 is 0 Å². The van der Waals surface area contributed by atoms with Crippen LogP contribution in [0.4, 0.5) is 0 Å². The second-order valence-electron chi connectivity index (χ2n) is 5.25. The average molecular weight is 311 g/mol. The number of carbonyl (C=O) groups excluding carboxylic acids is 1. The summed E-state index contributed by atoms with van der Waals surface area (Å²) in [7, 11) is 0. The van der Waals surface area contributed by atoms with Crippen molar-refractivity contribution in [3.8, 4) is 11.5 Å². The molecule has 116 valence electrons. The number of carbonyl (C=O) groups is 1. The number of rotatable bonds is 4. The second kappa shape index (κ2) is 5.59. The third kappa shape index (κ3) is 2.68. The van der Waals surface area contributed by atoms with Gasteiger partial charge in [-0.25, -0.2) is 4.98 Å². The molecule has 9 nitrogen and oxygen atoms in total. The monoisotopic (exact) mass is 311 g/mol. The van der Waals surface area contributed by atoms with E-state index in [1.165, 1.54) is 0 Å². The zero-order valence-corrected chi connectivity index (χ0v) is 12.1. The lowest BCUT2D eigenvalue weighted by Crippen LogP contribution is -2.49. The van der Waals surface area contributed by atoms with Crippen molar-refractivity contribution in [1.29, 1.82) is 0 Å². The minimum atomic E-state index is 0.0265. The normalized spacial score (nSPS) is 14.7. The van der Waals surface area contributed by atoms with Gasteiger partial charge in [0.05, 0.1) is 12.1 Å². The highest BCUT2D eigenvalue weighted by molar-refractivity contribution is 5.77. The fourth-order valence-electron chi connectivity index (χ4n) is 2.39. The van der Waals surface area contributed by atoms with Crippen LogP contribution in [0, 0.1) is 0 Å². The number of likely N-dealkylation sites (tertiary alicyclic amines) is 1. The van der Waals surface area contributed by atoms with Crippen LogP contribution in [0.1, 0.15) is 11.8 Å². The van der Waals surface area contributed by atoms with Gasteiger partial charge < -0.3 is 9.42 Å². The van der Waals surface area contributed by atoms with Gasteiger partial charge in [0, 0.05) is 37.9 Å². The molecule has 9 heteroatoms. The quantitative estimate of drug-likeness (QED) is 0.685. The van der Waals surface area contributed by atoms with E-state index >= 15 is 0 Å². The van der Waals surface area contributed by atoms with Crippen molar-refractivity contribution >= 4 is 5.91 Å². The first-order chi connectivity index (χ1) is 11.3. The first-order valence-electron chi connectivity index (χ1n) is 7.15. The number of aromatic nitrogens is 6. The SMILES string of the molecule is O=C(Cn1cccn1)N1CC(c2nc(-c3cnccn3)no2)C1. The summed E-state index contributed by atoms with van der Waals surface area (Å²) in [6.07, 6.45) is 8.15. The number of amides is 1. The van der Waals surface area contributed by atoms with Crippen LogP contribution >= 0.6 is 0 Å². The van der Waals surface area contributed by atoms with E-state index in [1.807, 2.05) is 0 Å². The highest BCUT2D eigenvalue weighted by Crippen LogP contribution is 2.27. The average Bonchev–Trinajstić information content (AvgIpc) is 3.18. The van der Waals surface area contributed by atoms with E-state index in [9.17, 15) is 4.79 Å². The Labute approximate surface area is 131 Å². The van der Waals surface area contributed by atoms with Crippen LogP contribution in [-0.4, -0.2) is 53.8 Å². The summed E-state index contributed by atoms with van der Waals surface area (Å²) in [4.78, 5) is 26.3. The van der Waals surface area contributed by atoms with Crippen molar-refractivity contribution in [2.24, 2.45) is 0 Å². The Morgan fingerprint density at radius 2 is 2.22 bits per heavy atom. The van der Waals surface area contributed by atoms with Crippen molar-refractivity contribution < 1.29 is 9.32 Å². The molecule has 0 spiro atoms. The van der Waals surface area contributed by atoms with Gasteiger partial charge in [0.1, 0.15) is 12.2 Å². The fourth-order valence-corrected chi connectivity index (χ4v) is 2.39.